The van der Waals surface area contributed by atoms with Crippen LogP contribution in [0.25, 0.3) is 0 Å². The summed E-state index contributed by atoms with van der Waals surface area (Å²) >= 11 is 1.85. The van der Waals surface area contributed by atoms with Gasteiger partial charge in [-0.15, -0.1) is 11.3 Å². The van der Waals surface area contributed by atoms with Crippen LogP contribution in [-0.4, -0.2) is 28.6 Å². The number of nitrogens with zero attached hydrogens (tertiary/aromatic N) is 1. The second-order valence-corrected chi connectivity index (χ2v) is 7.19. The Hall–Kier alpha value is -0.870. The third-order valence-electron chi connectivity index (χ3n) is 4.53. The van der Waals surface area contributed by atoms with E-state index in [9.17, 15) is 9.90 Å². The van der Waals surface area contributed by atoms with Crippen LogP contribution in [0.4, 0.5) is 0 Å². The maximum atomic E-state index is 11.3. The minimum atomic E-state index is -0.667. The van der Waals surface area contributed by atoms with Gasteiger partial charge in [-0.1, -0.05) is 26.2 Å². The van der Waals surface area contributed by atoms with Crippen LogP contribution >= 0.6 is 11.3 Å². The Balaban J connectivity index is 2.09. The minimum Gasteiger partial charge on any atom is -0.481 e. The summed E-state index contributed by atoms with van der Waals surface area (Å²) in [6.07, 6.45) is 6.94. The van der Waals surface area contributed by atoms with Crippen molar-refractivity contribution in [3.05, 3.63) is 21.9 Å². The fraction of sp³-hybridized carbons (Fsp3) is 0.688. The number of carboxylic acid groups (broad SMARTS) is 1. The van der Waals surface area contributed by atoms with Crippen LogP contribution in [0, 0.1) is 0 Å². The molecule has 1 saturated carbocycles. The molecule has 1 fully saturated rings. The predicted octanol–water partition coefficient (Wildman–Crippen LogP) is 3.92. The van der Waals surface area contributed by atoms with Gasteiger partial charge < -0.3 is 5.11 Å². The first-order valence-electron chi connectivity index (χ1n) is 7.56. The quantitative estimate of drug-likeness (QED) is 0.864. The molecule has 4 heteroatoms. The van der Waals surface area contributed by atoms with Gasteiger partial charge in [0, 0.05) is 21.8 Å². The zero-order valence-corrected chi connectivity index (χ0v) is 13.3. The van der Waals surface area contributed by atoms with E-state index in [-0.39, 0.29) is 12.0 Å². The van der Waals surface area contributed by atoms with E-state index >= 15 is 0 Å². The summed E-state index contributed by atoms with van der Waals surface area (Å²) in [6.45, 7) is 3.05. The molecule has 3 nitrogen and oxygen atoms in total. The minimum absolute atomic E-state index is 0.138. The summed E-state index contributed by atoms with van der Waals surface area (Å²) in [5.74, 6) is -0.667. The molecule has 1 aliphatic rings. The molecule has 1 aliphatic carbocycles. The molecule has 0 unspecified atom stereocenters. The van der Waals surface area contributed by atoms with E-state index in [1.165, 1.54) is 16.2 Å². The van der Waals surface area contributed by atoms with E-state index in [4.69, 9.17) is 0 Å². The Morgan fingerprint density at radius 3 is 2.50 bits per heavy atom. The third kappa shape index (κ3) is 3.61. The molecule has 1 N–H and O–H groups in total. The van der Waals surface area contributed by atoms with Crippen LogP contribution in [0.5, 0.6) is 0 Å². The maximum Gasteiger partial charge on any atom is 0.305 e. The fourth-order valence-corrected chi connectivity index (χ4v) is 4.30. The summed E-state index contributed by atoms with van der Waals surface area (Å²) in [6, 6.07) is 4.38. The van der Waals surface area contributed by atoms with Crippen molar-refractivity contribution in [2.45, 2.75) is 64.0 Å². The van der Waals surface area contributed by atoms with Crippen LogP contribution in [0.2, 0.25) is 0 Å². The normalized spacial score (nSPS) is 18.4. The lowest BCUT2D eigenvalue weighted by Crippen LogP contribution is -2.48. The van der Waals surface area contributed by atoms with Crippen molar-refractivity contribution >= 4 is 17.3 Å². The van der Waals surface area contributed by atoms with Gasteiger partial charge in [-0.2, -0.15) is 0 Å². The van der Waals surface area contributed by atoms with Gasteiger partial charge in [0.05, 0.1) is 6.42 Å². The van der Waals surface area contributed by atoms with E-state index < -0.39 is 5.97 Å². The molecule has 0 spiro atoms. The summed E-state index contributed by atoms with van der Waals surface area (Å²) in [7, 11) is 2.10. The van der Waals surface area contributed by atoms with Crippen molar-refractivity contribution in [2.24, 2.45) is 0 Å². The van der Waals surface area contributed by atoms with E-state index in [1.807, 2.05) is 11.3 Å². The van der Waals surface area contributed by atoms with Crippen molar-refractivity contribution in [1.82, 2.24) is 4.90 Å². The lowest BCUT2D eigenvalue weighted by molar-refractivity contribution is -0.141. The topological polar surface area (TPSA) is 40.5 Å². The number of carbonyl (C=O) groups is 1. The number of rotatable bonds is 6. The summed E-state index contributed by atoms with van der Waals surface area (Å²) in [5.41, 5.74) is -0.138. The van der Waals surface area contributed by atoms with Gasteiger partial charge >= 0.3 is 5.97 Å². The molecule has 0 atom stereocenters. The molecule has 0 aliphatic heterocycles. The lowest BCUT2D eigenvalue weighted by Gasteiger charge is -2.43. The van der Waals surface area contributed by atoms with Crippen LogP contribution in [0.3, 0.4) is 0 Å². The monoisotopic (exact) mass is 295 g/mol. The van der Waals surface area contributed by atoms with Crippen molar-refractivity contribution in [1.29, 1.82) is 0 Å². The number of thiophene rings is 1. The molecule has 0 aromatic carbocycles. The first kappa shape index (κ1) is 15.5. The van der Waals surface area contributed by atoms with Gasteiger partial charge in [0.15, 0.2) is 0 Å². The Kier molecular flexibility index (Phi) is 5.22. The van der Waals surface area contributed by atoms with Gasteiger partial charge in [0.2, 0.25) is 0 Å². The van der Waals surface area contributed by atoms with Crippen LogP contribution in [0.15, 0.2) is 12.1 Å². The number of hydrogen-bond acceptors (Lipinski definition) is 3. The highest BCUT2D eigenvalue weighted by molar-refractivity contribution is 7.11. The van der Waals surface area contributed by atoms with Gasteiger partial charge in [0.1, 0.15) is 0 Å². The van der Waals surface area contributed by atoms with Crippen molar-refractivity contribution in [2.75, 3.05) is 7.05 Å². The summed E-state index contributed by atoms with van der Waals surface area (Å²) in [4.78, 5) is 16.3. The molecular weight excluding hydrogens is 270 g/mol. The Morgan fingerprint density at radius 2 is 1.95 bits per heavy atom. The fourth-order valence-electron chi connectivity index (χ4n) is 3.28. The van der Waals surface area contributed by atoms with Gasteiger partial charge in [-0.3, -0.25) is 9.69 Å². The number of aryl methyl sites for hydroxylation is 1. The summed E-state index contributed by atoms with van der Waals surface area (Å²) < 4.78 is 0. The number of hydrogen-bond donors (Lipinski definition) is 1. The maximum absolute atomic E-state index is 11.3. The van der Waals surface area contributed by atoms with Crippen LogP contribution < -0.4 is 0 Å². The second kappa shape index (κ2) is 6.72. The lowest BCUT2D eigenvalue weighted by atomic mass is 9.78. The van der Waals surface area contributed by atoms with Crippen LogP contribution in [-0.2, 0) is 17.8 Å². The van der Waals surface area contributed by atoms with Crippen molar-refractivity contribution < 1.29 is 9.90 Å². The average molecular weight is 295 g/mol. The first-order chi connectivity index (χ1) is 9.55. The van der Waals surface area contributed by atoms with Crippen molar-refractivity contribution in [3.63, 3.8) is 0 Å². The Labute approximate surface area is 125 Å². The summed E-state index contributed by atoms with van der Waals surface area (Å²) in [5, 5.41) is 9.26. The second-order valence-electron chi connectivity index (χ2n) is 5.93. The van der Waals surface area contributed by atoms with Gasteiger partial charge in [-0.05, 0) is 38.4 Å². The molecule has 1 aromatic rings. The highest BCUT2D eigenvalue weighted by atomic mass is 32.1. The molecule has 1 aromatic heterocycles. The molecule has 0 radical (unpaired) electrons. The predicted molar refractivity (Wildman–Crippen MR) is 83.2 cm³/mol. The van der Waals surface area contributed by atoms with Crippen LogP contribution in [0.1, 0.15) is 55.2 Å². The van der Waals surface area contributed by atoms with E-state index in [0.717, 1.165) is 38.6 Å². The van der Waals surface area contributed by atoms with Gasteiger partial charge in [-0.25, -0.2) is 0 Å². The van der Waals surface area contributed by atoms with Crippen molar-refractivity contribution in [3.8, 4) is 0 Å². The molecule has 2 rings (SSSR count). The molecule has 112 valence electrons. The zero-order valence-electron chi connectivity index (χ0n) is 12.5. The van der Waals surface area contributed by atoms with E-state index in [0.29, 0.717) is 0 Å². The highest BCUT2D eigenvalue weighted by Gasteiger charge is 2.38. The zero-order chi connectivity index (χ0) is 14.6. The Morgan fingerprint density at radius 1 is 1.30 bits per heavy atom. The standard InChI is InChI=1S/C16H25NO2S/c1-3-13-7-8-14(20-13)12-17(2)16(11-15(18)19)9-5-4-6-10-16/h7-8H,3-6,9-12H2,1-2H3,(H,18,19). The van der Waals surface area contributed by atoms with E-state index in [2.05, 4.69) is 31.0 Å². The number of carboxylic acids is 1. The number of aliphatic carboxylic acids is 1. The molecule has 0 amide bonds. The first-order valence-corrected chi connectivity index (χ1v) is 8.38. The molecule has 0 bridgehead atoms. The Bertz CT molecular complexity index is 449. The molecule has 20 heavy (non-hydrogen) atoms. The average Bonchev–Trinajstić information content (AvgIpc) is 2.86. The smallest absolute Gasteiger partial charge is 0.305 e. The molecule has 0 saturated heterocycles. The third-order valence-corrected chi connectivity index (χ3v) is 5.75. The van der Waals surface area contributed by atoms with Gasteiger partial charge in [0.25, 0.3) is 0 Å². The highest BCUT2D eigenvalue weighted by Crippen LogP contribution is 2.37. The van der Waals surface area contributed by atoms with E-state index in [1.54, 1.807) is 0 Å². The molecular formula is C16H25NO2S. The largest absolute Gasteiger partial charge is 0.481 e. The SMILES string of the molecule is CCc1ccc(CN(C)C2(CC(=O)O)CCCCC2)s1. The molecule has 1 heterocycles.